The number of ketones is 1. The highest BCUT2D eigenvalue weighted by Gasteiger charge is 2.28. The number of halogens is 2. The number of unbranched alkanes of at least 4 members (excludes halogenated alkanes) is 1. The van der Waals surface area contributed by atoms with Crippen LogP contribution in [0.25, 0.3) is 0 Å². The topological polar surface area (TPSA) is 97.6 Å². The fourth-order valence-electron chi connectivity index (χ4n) is 5.58. The van der Waals surface area contributed by atoms with Gasteiger partial charge in [-0.3, -0.25) is 14.9 Å². The number of sulfonamides is 1. The largest absolute Gasteiger partial charge is 1.00 e. The van der Waals surface area contributed by atoms with E-state index in [0.717, 1.165) is 45.0 Å². The van der Waals surface area contributed by atoms with Gasteiger partial charge in [-0.2, -0.15) is 4.31 Å². The van der Waals surface area contributed by atoms with Crippen molar-refractivity contribution in [3.63, 3.8) is 0 Å². The number of aryl methyl sites for hydroxylation is 5. The van der Waals surface area contributed by atoms with Crippen molar-refractivity contribution in [3.05, 3.63) is 103 Å². The zero-order valence-electron chi connectivity index (χ0n) is 25.9. The second-order valence-electron chi connectivity index (χ2n) is 11.9. The summed E-state index contributed by atoms with van der Waals surface area (Å²) in [5.74, 6) is 0.0957. The van der Waals surface area contributed by atoms with E-state index in [2.05, 4.69) is 0 Å². The fraction of sp³-hybridized carbons (Fsp3) is 0.406. The lowest BCUT2D eigenvalue weighted by atomic mass is 9.96. The Kier molecular flexibility index (Phi) is 12.7. The second kappa shape index (κ2) is 14.9. The van der Waals surface area contributed by atoms with Crippen LogP contribution >= 0.6 is 11.6 Å². The van der Waals surface area contributed by atoms with Gasteiger partial charge in [-0.15, -0.1) is 0 Å². The number of nitro groups is 1. The van der Waals surface area contributed by atoms with Crippen LogP contribution in [0, 0.1) is 44.7 Å². The van der Waals surface area contributed by atoms with Crippen LogP contribution in [0.2, 0.25) is 5.02 Å². The highest BCUT2D eigenvalue weighted by molar-refractivity contribution is 7.89. The van der Waals surface area contributed by atoms with Crippen LogP contribution in [0.15, 0.2) is 53.4 Å². The van der Waals surface area contributed by atoms with Crippen LogP contribution in [0.1, 0.15) is 56.6 Å². The molecule has 0 aliphatic carbocycles. The van der Waals surface area contributed by atoms with Crippen molar-refractivity contribution in [2.24, 2.45) is 0 Å². The summed E-state index contributed by atoms with van der Waals surface area (Å²) in [5.41, 5.74) is 6.29. The first kappa shape index (κ1) is 36.6. The van der Waals surface area contributed by atoms with Crippen LogP contribution in [0.4, 0.5) is 5.69 Å². The lowest BCUT2D eigenvalue weighted by Crippen LogP contribution is -3.00. The molecule has 0 N–H and O–H groups in total. The Hall–Kier alpha value is -2.63. The van der Waals surface area contributed by atoms with E-state index in [1.807, 2.05) is 79.0 Å². The molecule has 0 bridgehead atoms. The molecule has 3 aromatic rings. The number of Topliss-reactive ketones (excluding diaryl/α,β-unsaturated/α-hetero) is 1. The number of benzene rings is 3. The molecule has 0 fully saturated rings. The molecular formula is C32H41BrClN3O5S. The number of likely N-dealkylation sites (N-methyl/N-ethyl adjacent to an activating group) is 1. The minimum Gasteiger partial charge on any atom is -1.00 e. The highest BCUT2D eigenvalue weighted by atomic mass is 79.9. The van der Waals surface area contributed by atoms with E-state index >= 15 is 0 Å². The molecule has 0 aliphatic rings. The van der Waals surface area contributed by atoms with Crippen molar-refractivity contribution < 1.29 is 39.6 Å². The molecule has 0 heterocycles. The van der Waals surface area contributed by atoms with E-state index in [1.165, 1.54) is 16.4 Å². The van der Waals surface area contributed by atoms with Crippen molar-refractivity contribution in [2.45, 2.75) is 58.9 Å². The summed E-state index contributed by atoms with van der Waals surface area (Å²) in [7, 11) is -0.0556. The predicted octanol–water partition coefficient (Wildman–Crippen LogP) is 3.72. The molecule has 234 valence electrons. The maximum absolute atomic E-state index is 13.8. The third kappa shape index (κ3) is 9.68. The zero-order chi connectivity index (χ0) is 31.4. The van der Waals surface area contributed by atoms with E-state index in [9.17, 15) is 23.3 Å². The smallest absolute Gasteiger partial charge is 0.289 e. The molecule has 0 saturated carbocycles. The SMILES string of the molecule is Cc1cc(C)cc(CN(CCCC[N+](C)(C)CC(=O)c2c(C)cc(C)cc2C)S(=O)(=O)c2ccc(Cl)c([N+](=O)[O-])c2)c1.[Br-]. The molecule has 0 unspecified atom stereocenters. The Bertz CT molecular complexity index is 1570. The Labute approximate surface area is 271 Å². The average molecular weight is 695 g/mol. The molecular weight excluding hydrogens is 654 g/mol. The standard InChI is InChI=1S/C32H41ClN3O5S.BrH/c1-22-14-23(2)18-27(17-22)20-34(42(40,41)28-10-11-29(33)30(19-28)35(38)39)12-8-9-13-36(6,7)21-31(37)32-25(4)15-24(3)16-26(32)5;/h10-11,14-19H,8-9,12-13,20-21H2,1-7H3;1H/q+1;/p-1. The monoisotopic (exact) mass is 693 g/mol. The lowest BCUT2D eigenvalue weighted by molar-refractivity contribution is -0.882. The van der Waals surface area contributed by atoms with Gasteiger partial charge in [0.05, 0.1) is 30.5 Å². The second-order valence-corrected chi connectivity index (χ2v) is 14.3. The molecule has 0 spiro atoms. The Morgan fingerprint density at radius 2 is 1.47 bits per heavy atom. The number of hydrogen-bond donors (Lipinski definition) is 0. The average Bonchev–Trinajstić information content (AvgIpc) is 2.84. The van der Waals surface area contributed by atoms with Gasteiger partial charge in [0.1, 0.15) is 11.6 Å². The van der Waals surface area contributed by atoms with E-state index < -0.39 is 20.6 Å². The van der Waals surface area contributed by atoms with E-state index in [-0.39, 0.29) is 45.8 Å². The summed E-state index contributed by atoms with van der Waals surface area (Å²) in [6, 6.07) is 13.5. The van der Waals surface area contributed by atoms with Crippen molar-refractivity contribution in [1.29, 1.82) is 0 Å². The van der Waals surface area contributed by atoms with Crippen LogP contribution in [-0.2, 0) is 16.6 Å². The van der Waals surface area contributed by atoms with Gasteiger partial charge in [0.25, 0.3) is 5.69 Å². The molecule has 11 heteroatoms. The number of rotatable bonds is 13. The van der Waals surface area contributed by atoms with Crippen molar-refractivity contribution in [1.82, 2.24) is 4.31 Å². The van der Waals surface area contributed by atoms with Crippen molar-refractivity contribution in [2.75, 3.05) is 33.7 Å². The van der Waals surface area contributed by atoms with Crippen molar-refractivity contribution in [3.8, 4) is 0 Å². The first-order valence-electron chi connectivity index (χ1n) is 13.9. The first-order chi connectivity index (χ1) is 19.5. The number of carbonyl (C=O) groups excluding carboxylic acids is 1. The van der Waals surface area contributed by atoms with Crippen molar-refractivity contribution >= 4 is 33.1 Å². The number of hydrogen-bond acceptors (Lipinski definition) is 5. The quantitative estimate of drug-likeness (QED) is 0.0894. The molecule has 3 aromatic carbocycles. The summed E-state index contributed by atoms with van der Waals surface area (Å²) in [6.07, 6.45) is 1.24. The molecule has 8 nitrogen and oxygen atoms in total. The third-order valence-electron chi connectivity index (χ3n) is 7.34. The van der Waals surface area contributed by atoms with Gasteiger partial charge in [-0.25, -0.2) is 8.42 Å². The summed E-state index contributed by atoms with van der Waals surface area (Å²) < 4.78 is 29.4. The lowest BCUT2D eigenvalue weighted by Gasteiger charge is -2.30. The van der Waals surface area contributed by atoms with Gasteiger partial charge in [0.2, 0.25) is 15.8 Å². The minimum absolute atomic E-state index is 0. The molecule has 0 radical (unpaired) electrons. The predicted molar refractivity (Wildman–Crippen MR) is 168 cm³/mol. The first-order valence-corrected chi connectivity index (χ1v) is 15.8. The fourth-order valence-corrected chi connectivity index (χ4v) is 7.26. The van der Waals surface area contributed by atoms with Gasteiger partial charge in [-0.1, -0.05) is 58.6 Å². The van der Waals surface area contributed by atoms with Gasteiger partial charge in [0, 0.05) is 24.7 Å². The maximum atomic E-state index is 13.8. The van der Waals surface area contributed by atoms with Gasteiger partial charge >= 0.3 is 0 Å². The van der Waals surface area contributed by atoms with E-state index in [0.29, 0.717) is 30.4 Å². The summed E-state index contributed by atoms with van der Waals surface area (Å²) in [4.78, 5) is 23.8. The Balaban J connectivity index is 0.00000645. The molecule has 3 rings (SSSR count). The van der Waals surface area contributed by atoms with Crippen LogP contribution in [-0.4, -0.2) is 61.6 Å². The molecule has 43 heavy (non-hydrogen) atoms. The Morgan fingerprint density at radius 3 is 2.02 bits per heavy atom. The maximum Gasteiger partial charge on any atom is 0.289 e. The third-order valence-corrected chi connectivity index (χ3v) is 9.50. The van der Waals surface area contributed by atoms with Crippen LogP contribution < -0.4 is 17.0 Å². The summed E-state index contributed by atoms with van der Waals surface area (Å²) in [6.45, 7) is 11.2. The van der Waals surface area contributed by atoms with Gasteiger partial charge < -0.3 is 21.5 Å². The number of quaternary nitrogens is 1. The van der Waals surface area contributed by atoms with Gasteiger partial charge in [-0.05, 0) is 76.3 Å². The number of nitro benzene ring substituents is 1. The zero-order valence-corrected chi connectivity index (χ0v) is 29.1. The van der Waals surface area contributed by atoms with E-state index in [1.54, 1.807) is 0 Å². The normalized spacial score (nSPS) is 11.8. The molecule has 0 amide bonds. The minimum atomic E-state index is -4.07. The highest BCUT2D eigenvalue weighted by Crippen LogP contribution is 2.29. The molecule has 0 aromatic heterocycles. The van der Waals surface area contributed by atoms with Gasteiger partial charge in [0.15, 0.2) is 0 Å². The summed E-state index contributed by atoms with van der Waals surface area (Å²) >= 11 is 5.95. The molecule has 0 atom stereocenters. The molecule has 0 aliphatic heterocycles. The van der Waals surface area contributed by atoms with Crippen LogP contribution in [0.5, 0.6) is 0 Å². The number of nitrogens with zero attached hydrogens (tertiary/aromatic N) is 3. The summed E-state index contributed by atoms with van der Waals surface area (Å²) in [5, 5.41) is 11.3. The number of carbonyl (C=O) groups is 1. The Morgan fingerprint density at radius 1 is 0.907 bits per heavy atom. The van der Waals surface area contributed by atoms with Crippen LogP contribution in [0.3, 0.4) is 0 Å². The van der Waals surface area contributed by atoms with E-state index in [4.69, 9.17) is 11.6 Å². The molecule has 0 saturated heterocycles.